The van der Waals surface area contributed by atoms with Gasteiger partial charge in [0, 0.05) is 5.57 Å². The lowest BCUT2D eigenvalue weighted by atomic mass is 10.1. The van der Waals surface area contributed by atoms with E-state index < -0.39 is 0 Å². The molecule has 0 aliphatic rings. The molecule has 0 unspecified atom stereocenters. The molecular weight excluding hydrogens is 184 g/mol. The van der Waals surface area contributed by atoms with Crippen molar-refractivity contribution in [3.63, 3.8) is 0 Å². The van der Waals surface area contributed by atoms with E-state index in [9.17, 15) is 4.79 Å². The van der Waals surface area contributed by atoms with Gasteiger partial charge in [-0.2, -0.15) is 0 Å². The Balaban J connectivity index is 3.08. The molecule has 0 atom stereocenters. The summed E-state index contributed by atoms with van der Waals surface area (Å²) in [5.74, 6) is 0. The first-order valence-corrected chi connectivity index (χ1v) is 4.56. The zero-order valence-electron chi connectivity index (χ0n) is 7.46. The van der Waals surface area contributed by atoms with Crippen LogP contribution in [-0.4, -0.2) is 6.29 Å². The lowest BCUT2D eigenvalue weighted by Crippen LogP contribution is -1.86. The monoisotopic (exact) mass is 194 g/mol. The van der Waals surface area contributed by atoms with E-state index in [1.165, 1.54) is 0 Å². The maximum Gasteiger partial charge on any atom is 0.147 e. The number of allylic oxidation sites excluding steroid dienone is 1. The minimum Gasteiger partial charge on any atom is -0.298 e. The first kappa shape index (κ1) is 10.0. The Kier molecular flexibility index (Phi) is 3.71. The van der Waals surface area contributed by atoms with Crippen LogP contribution in [-0.2, 0) is 4.79 Å². The smallest absolute Gasteiger partial charge is 0.147 e. The van der Waals surface area contributed by atoms with Crippen molar-refractivity contribution in [2.24, 2.45) is 0 Å². The largest absolute Gasteiger partial charge is 0.298 e. The highest BCUT2D eigenvalue weighted by Gasteiger charge is 2.03. The first-order valence-electron chi connectivity index (χ1n) is 4.18. The fourth-order valence-corrected chi connectivity index (χ4v) is 1.36. The fourth-order valence-electron chi connectivity index (χ4n) is 1.06. The molecule has 13 heavy (non-hydrogen) atoms. The number of benzene rings is 1. The molecule has 0 N–H and O–H groups in total. The van der Waals surface area contributed by atoms with Crippen LogP contribution in [0.4, 0.5) is 0 Å². The van der Waals surface area contributed by atoms with E-state index in [4.69, 9.17) is 11.6 Å². The minimum absolute atomic E-state index is 0.554. The summed E-state index contributed by atoms with van der Waals surface area (Å²) in [6.45, 7) is 1.91. The van der Waals surface area contributed by atoms with Gasteiger partial charge in [-0.15, -0.1) is 0 Å². The molecule has 0 fully saturated rings. The lowest BCUT2D eigenvalue weighted by molar-refractivity contribution is -0.104. The number of carbonyl (C=O) groups is 1. The van der Waals surface area contributed by atoms with Crippen LogP contribution in [0.1, 0.15) is 18.9 Å². The van der Waals surface area contributed by atoms with Crippen LogP contribution in [0.15, 0.2) is 35.9 Å². The van der Waals surface area contributed by atoms with Crippen LogP contribution in [0, 0.1) is 0 Å². The number of carbonyl (C=O) groups excluding carboxylic acids is 1. The Morgan fingerprint density at radius 2 is 2.00 bits per heavy atom. The average molecular weight is 195 g/mol. The van der Waals surface area contributed by atoms with Crippen LogP contribution in [0.2, 0.25) is 0 Å². The van der Waals surface area contributed by atoms with Gasteiger partial charge >= 0.3 is 0 Å². The molecule has 0 bridgehead atoms. The number of aldehydes is 1. The number of hydrogen-bond acceptors (Lipinski definition) is 1. The second-order valence-electron chi connectivity index (χ2n) is 2.68. The van der Waals surface area contributed by atoms with Gasteiger partial charge in [0.1, 0.15) is 6.29 Å². The molecule has 1 aromatic carbocycles. The van der Waals surface area contributed by atoms with Crippen molar-refractivity contribution in [2.75, 3.05) is 0 Å². The summed E-state index contributed by atoms with van der Waals surface area (Å²) in [5, 5.41) is 0.554. The first-order chi connectivity index (χ1) is 6.29. The van der Waals surface area contributed by atoms with Crippen LogP contribution >= 0.6 is 11.6 Å². The zero-order chi connectivity index (χ0) is 9.68. The van der Waals surface area contributed by atoms with Crippen molar-refractivity contribution in [1.82, 2.24) is 0 Å². The number of halogens is 1. The molecule has 0 saturated carbocycles. The molecule has 0 aromatic heterocycles. The molecule has 0 radical (unpaired) electrons. The summed E-state index contributed by atoms with van der Waals surface area (Å²) in [6, 6.07) is 9.49. The summed E-state index contributed by atoms with van der Waals surface area (Å²) < 4.78 is 0. The third-order valence-corrected chi connectivity index (χ3v) is 2.29. The summed E-state index contributed by atoms with van der Waals surface area (Å²) in [6.07, 6.45) is 1.48. The molecule has 1 rings (SSSR count). The van der Waals surface area contributed by atoms with Crippen LogP contribution < -0.4 is 0 Å². The average Bonchev–Trinajstić information content (AvgIpc) is 2.21. The Hall–Kier alpha value is -1.08. The Morgan fingerprint density at radius 3 is 2.46 bits per heavy atom. The predicted octanol–water partition coefficient (Wildman–Crippen LogP) is 3.25. The normalized spacial score (nSPS) is 12.2. The Bertz CT molecular complexity index is 314. The van der Waals surface area contributed by atoms with Gasteiger partial charge in [0.25, 0.3) is 0 Å². The summed E-state index contributed by atoms with van der Waals surface area (Å²) in [5.41, 5.74) is 1.54. The molecule has 1 nitrogen and oxygen atoms in total. The quantitative estimate of drug-likeness (QED) is 0.533. The molecule has 2 heteroatoms. The maximum absolute atomic E-state index is 10.6. The molecule has 68 valence electrons. The van der Waals surface area contributed by atoms with Crippen LogP contribution in [0.3, 0.4) is 0 Å². The van der Waals surface area contributed by atoms with Gasteiger partial charge in [-0.05, 0) is 12.0 Å². The fraction of sp³-hybridized carbons (Fsp3) is 0.182. The van der Waals surface area contributed by atoms with Crippen molar-refractivity contribution >= 4 is 22.9 Å². The molecule has 0 amide bonds. The molecule has 1 aromatic rings. The predicted molar refractivity (Wildman–Crippen MR) is 55.6 cm³/mol. The van der Waals surface area contributed by atoms with Crippen molar-refractivity contribution in [2.45, 2.75) is 13.3 Å². The van der Waals surface area contributed by atoms with Gasteiger partial charge in [0.2, 0.25) is 0 Å². The van der Waals surface area contributed by atoms with Crippen molar-refractivity contribution in [3.8, 4) is 0 Å². The van der Waals surface area contributed by atoms with E-state index in [1.807, 2.05) is 37.3 Å². The number of hydrogen-bond donors (Lipinski definition) is 0. The molecule has 0 heterocycles. The van der Waals surface area contributed by atoms with Crippen molar-refractivity contribution in [3.05, 3.63) is 41.5 Å². The highest BCUT2D eigenvalue weighted by Crippen LogP contribution is 2.23. The van der Waals surface area contributed by atoms with Crippen LogP contribution in [0.25, 0.3) is 5.03 Å². The maximum atomic E-state index is 10.6. The zero-order valence-corrected chi connectivity index (χ0v) is 8.21. The Morgan fingerprint density at radius 1 is 1.38 bits per heavy atom. The third kappa shape index (κ3) is 2.43. The van der Waals surface area contributed by atoms with Gasteiger partial charge in [0.15, 0.2) is 0 Å². The molecule has 0 spiro atoms. The van der Waals surface area contributed by atoms with E-state index in [2.05, 4.69) is 0 Å². The van der Waals surface area contributed by atoms with Crippen molar-refractivity contribution in [1.29, 1.82) is 0 Å². The highest BCUT2D eigenvalue weighted by molar-refractivity contribution is 6.50. The second kappa shape index (κ2) is 4.83. The van der Waals surface area contributed by atoms with E-state index in [0.29, 0.717) is 17.0 Å². The minimum atomic E-state index is 0.554. The van der Waals surface area contributed by atoms with Crippen LogP contribution in [0.5, 0.6) is 0 Å². The van der Waals surface area contributed by atoms with Gasteiger partial charge in [-0.1, -0.05) is 48.9 Å². The summed E-state index contributed by atoms with van der Waals surface area (Å²) in [7, 11) is 0. The van der Waals surface area contributed by atoms with Gasteiger partial charge < -0.3 is 0 Å². The highest BCUT2D eigenvalue weighted by atomic mass is 35.5. The van der Waals surface area contributed by atoms with E-state index >= 15 is 0 Å². The molecular formula is C11H11ClO. The van der Waals surface area contributed by atoms with E-state index in [-0.39, 0.29) is 0 Å². The van der Waals surface area contributed by atoms with Gasteiger partial charge in [-0.3, -0.25) is 4.79 Å². The third-order valence-electron chi connectivity index (χ3n) is 1.83. The molecule has 0 aliphatic heterocycles. The number of rotatable bonds is 3. The topological polar surface area (TPSA) is 17.1 Å². The van der Waals surface area contributed by atoms with E-state index in [1.54, 1.807) is 0 Å². The SMILES string of the molecule is CC/C(C=O)=C(/Cl)c1ccccc1. The molecule has 0 aliphatic carbocycles. The van der Waals surface area contributed by atoms with Crippen molar-refractivity contribution < 1.29 is 4.79 Å². The second-order valence-corrected chi connectivity index (χ2v) is 3.05. The Labute approximate surface area is 83.0 Å². The lowest BCUT2D eigenvalue weighted by Gasteiger charge is -2.01. The van der Waals surface area contributed by atoms with E-state index in [0.717, 1.165) is 11.8 Å². The molecule has 0 saturated heterocycles. The van der Waals surface area contributed by atoms with Gasteiger partial charge in [-0.25, -0.2) is 0 Å². The summed E-state index contributed by atoms with van der Waals surface area (Å²) in [4.78, 5) is 10.6. The van der Waals surface area contributed by atoms with Gasteiger partial charge in [0.05, 0.1) is 5.03 Å². The standard InChI is InChI=1S/C11H11ClO/c1-2-9(8-13)11(12)10-6-4-3-5-7-10/h3-8H,2H2,1H3/b11-9-. The summed E-state index contributed by atoms with van der Waals surface area (Å²) >= 11 is 6.02.